The molecular formula is C16H18OP. The molecule has 93 valence electrons. The van der Waals surface area contributed by atoms with E-state index >= 15 is 0 Å². The van der Waals surface area contributed by atoms with Gasteiger partial charge in [0.25, 0.3) is 0 Å². The van der Waals surface area contributed by atoms with Gasteiger partial charge in [-0.05, 0) is 42.7 Å². The second-order valence-corrected chi connectivity index (χ2v) is 6.02. The minimum Gasteiger partial charge on any atom is -0.277 e. The quantitative estimate of drug-likeness (QED) is 0.744. The lowest BCUT2D eigenvalue weighted by atomic mass is 10.1. The molecule has 1 unspecified atom stereocenters. The van der Waals surface area contributed by atoms with E-state index in [-0.39, 0.29) is 0 Å². The van der Waals surface area contributed by atoms with Gasteiger partial charge >= 0.3 is 0 Å². The van der Waals surface area contributed by atoms with E-state index in [4.69, 9.17) is 0 Å². The molecule has 2 aromatic rings. The fourth-order valence-corrected chi connectivity index (χ4v) is 3.05. The second-order valence-electron chi connectivity index (χ2n) is 4.40. The number of benzene rings is 2. The van der Waals surface area contributed by atoms with E-state index in [0.29, 0.717) is 0 Å². The number of rotatable bonds is 5. The molecule has 0 aliphatic rings. The summed E-state index contributed by atoms with van der Waals surface area (Å²) in [6, 6.07) is 17.8. The van der Waals surface area contributed by atoms with Crippen molar-refractivity contribution in [2.75, 3.05) is 0 Å². The zero-order chi connectivity index (χ0) is 12.8. The van der Waals surface area contributed by atoms with E-state index in [0.717, 1.165) is 17.0 Å². The van der Waals surface area contributed by atoms with Crippen LogP contribution in [-0.4, -0.2) is 0 Å². The van der Waals surface area contributed by atoms with Gasteiger partial charge in [-0.2, -0.15) is 0 Å². The molecule has 0 saturated heterocycles. The van der Waals surface area contributed by atoms with Crippen LogP contribution in [0, 0.1) is 0 Å². The van der Waals surface area contributed by atoms with Crippen molar-refractivity contribution in [2.24, 2.45) is 0 Å². The fraction of sp³-hybridized carbons (Fsp3) is 0.250. The highest BCUT2D eigenvalue weighted by Crippen LogP contribution is 2.19. The highest BCUT2D eigenvalue weighted by Gasteiger charge is 2.06. The Balaban J connectivity index is 2.12. The van der Waals surface area contributed by atoms with Crippen LogP contribution in [0.3, 0.4) is 0 Å². The molecule has 0 N–H and O–H groups in total. The average Bonchev–Trinajstić information content (AvgIpc) is 2.46. The third-order valence-corrected chi connectivity index (χ3v) is 4.51. The molecule has 0 aliphatic carbocycles. The molecule has 18 heavy (non-hydrogen) atoms. The monoisotopic (exact) mass is 257 g/mol. The molecule has 0 amide bonds. The van der Waals surface area contributed by atoms with Gasteiger partial charge in [-0.3, -0.25) is 4.57 Å². The van der Waals surface area contributed by atoms with Gasteiger partial charge in [-0.1, -0.05) is 43.7 Å². The molecule has 1 nitrogen and oxygen atoms in total. The Kier molecular flexibility index (Phi) is 4.66. The third kappa shape index (κ3) is 3.27. The highest BCUT2D eigenvalue weighted by molar-refractivity contribution is 7.61. The van der Waals surface area contributed by atoms with Gasteiger partial charge in [-0.25, -0.2) is 0 Å². The Hall–Kier alpha value is -1.46. The molecule has 0 aromatic heterocycles. The minimum atomic E-state index is -1.45. The second kappa shape index (κ2) is 6.47. The van der Waals surface area contributed by atoms with Crippen LogP contribution in [-0.2, 0) is 11.0 Å². The van der Waals surface area contributed by atoms with E-state index in [9.17, 15) is 4.57 Å². The Morgan fingerprint density at radius 2 is 1.50 bits per heavy atom. The molecule has 0 heterocycles. The summed E-state index contributed by atoms with van der Waals surface area (Å²) in [6.07, 6.45) is 3.53. The van der Waals surface area contributed by atoms with Gasteiger partial charge in [0, 0.05) is 10.6 Å². The smallest absolute Gasteiger partial charge is 0.136 e. The van der Waals surface area contributed by atoms with E-state index in [2.05, 4.69) is 19.1 Å². The zero-order valence-electron chi connectivity index (χ0n) is 10.7. The SMILES string of the molecule is CCCCc1ccc([P](=O)c2ccccc2)cc1. The first kappa shape index (κ1) is 13.0. The summed E-state index contributed by atoms with van der Waals surface area (Å²) in [5.41, 5.74) is 1.33. The van der Waals surface area contributed by atoms with Gasteiger partial charge in [0.05, 0.1) is 0 Å². The van der Waals surface area contributed by atoms with Crippen molar-refractivity contribution in [3.05, 3.63) is 60.2 Å². The summed E-state index contributed by atoms with van der Waals surface area (Å²) in [7, 11) is -1.45. The van der Waals surface area contributed by atoms with Crippen molar-refractivity contribution in [1.29, 1.82) is 0 Å². The summed E-state index contributed by atoms with van der Waals surface area (Å²) in [6.45, 7) is 2.20. The number of aryl methyl sites for hydroxylation is 1. The zero-order valence-corrected chi connectivity index (χ0v) is 11.6. The van der Waals surface area contributed by atoms with Crippen LogP contribution in [0.1, 0.15) is 25.3 Å². The molecule has 1 radical (unpaired) electrons. The number of unbranched alkanes of at least 4 members (excludes halogenated alkanes) is 1. The van der Waals surface area contributed by atoms with Crippen LogP contribution in [0.2, 0.25) is 0 Å². The maximum absolute atomic E-state index is 12.3. The van der Waals surface area contributed by atoms with Crippen LogP contribution in [0.4, 0.5) is 0 Å². The minimum absolute atomic E-state index is 0.897. The maximum Gasteiger partial charge on any atom is 0.136 e. The van der Waals surface area contributed by atoms with Gasteiger partial charge < -0.3 is 0 Å². The lowest BCUT2D eigenvalue weighted by Gasteiger charge is -2.04. The summed E-state index contributed by atoms with van der Waals surface area (Å²) in [4.78, 5) is 0. The van der Waals surface area contributed by atoms with Crippen LogP contribution >= 0.6 is 7.80 Å². The van der Waals surface area contributed by atoms with Gasteiger partial charge in [0.15, 0.2) is 0 Å². The van der Waals surface area contributed by atoms with E-state index in [1.54, 1.807) is 0 Å². The van der Waals surface area contributed by atoms with E-state index in [1.165, 1.54) is 18.4 Å². The lowest BCUT2D eigenvalue weighted by Crippen LogP contribution is -2.06. The molecule has 2 heteroatoms. The summed E-state index contributed by atoms with van der Waals surface area (Å²) >= 11 is 0. The maximum atomic E-state index is 12.3. The van der Waals surface area contributed by atoms with Crippen molar-refractivity contribution in [3.63, 3.8) is 0 Å². The first-order valence-electron chi connectivity index (χ1n) is 6.42. The van der Waals surface area contributed by atoms with Gasteiger partial charge in [-0.15, -0.1) is 0 Å². The predicted molar refractivity (Wildman–Crippen MR) is 78.4 cm³/mol. The topological polar surface area (TPSA) is 17.1 Å². The predicted octanol–water partition coefficient (Wildman–Crippen LogP) is 3.81. The Labute approximate surface area is 110 Å². The van der Waals surface area contributed by atoms with Gasteiger partial charge in [0.2, 0.25) is 0 Å². The van der Waals surface area contributed by atoms with Crippen LogP contribution < -0.4 is 10.6 Å². The van der Waals surface area contributed by atoms with Crippen molar-refractivity contribution in [3.8, 4) is 0 Å². The van der Waals surface area contributed by atoms with Crippen LogP contribution in [0.5, 0.6) is 0 Å². The first-order chi connectivity index (χ1) is 8.81. The van der Waals surface area contributed by atoms with E-state index in [1.807, 2.05) is 42.5 Å². The molecular weight excluding hydrogens is 239 g/mol. The van der Waals surface area contributed by atoms with Crippen LogP contribution in [0.15, 0.2) is 54.6 Å². The van der Waals surface area contributed by atoms with Gasteiger partial charge in [0.1, 0.15) is 7.80 Å². The standard InChI is InChI=1S/C16H18OP/c1-2-3-7-14-10-12-16(13-11-14)18(17)15-8-5-4-6-9-15/h4-6,8-13H,2-3,7H2,1H3. The summed E-state index contributed by atoms with van der Waals surface area (Å²) < 4.78 is 12.3. The number of hydrogen-bond acceptors (Lipinski definition) is 1. The molecule has 0 bridgehead atoms. The van der Waals surface area contributed by atoms with Crippen molar-refractivity contribution >= 4 is 18.4 Å². The molecule has 2 rings (SSSR count). The Morgan fingerprint density at radius 3 is 2.11 bits per heavy atom. The fourth-order valence-electron chi connectivity index (χ4n) is 1.89. The molecule has 2 aromatic carbocycles. The number of hydrogen-bond donors (Lipinski definition) is 0. The normalized spacial score (nSPS) is 11.3. The molecule has 0 fully saturated rings. The molecule has 0 spiro atoms. The summed E-state index contributed by atoms with van der Waals surface area (Å²) in [5.74, 6) is 0. The third-order valence-electron chi connectivity index (χ3n) is 2.98. The molecule has 0 aliphatic heterocycles. The Bertz CT molecular complexity index is 502. The first-order valence-corrected chi connectivity index (χ1v) is 7.68. The summed E-state index contributed by atoms with van der Waals surface area (Å²) in [5, 5.41) is 1.81. The Morgan fingerprint density at radius 1 is 0.889 bits per heavy atom. The average molecular weight is 257 g/mol. The van der Waals surface area contributed by atoms with Crippen molar-refractivity contribution < 1.29 is 4.57 Å². The van der Waals surface area contributed by atoms with Crippen molar-refractivity contribution in [2.45, 2.75) is 26.2 Å². The lowest BCUT2D eigenvalue weighted by molar-refractivity contribution is 0.598. The molecule has 1 atom stereocenters. The van der Waals surface area contributed by atoms with Crippen LogP contribution in [0.25, 0.3) is 0 Å². The van der Waals surface area contributed by atoms with Crippen molar-refractivity contribution in [1.82, 2.24) is 0 Å². The molecule has 0 saturated carbocycles. The largest absolute Gasteiger partial charge is 0.277 e. The highest BCUT2D eigenvalue weighted by atomic mass is 31.1. The van der Waals surface area contributed by atoms with E-state index < -0.39 is 7.80 Å².